The smallest absolute Gasteiger partial charge is 0.246 e. The molecule has 0 saturated carbocycles. The molecule has 0 fully saturated rings. The summed E-state index contributed by atoms with van der Waals surface area (Å²) in [7, 11) is 1.56. The molecule has 0 radical (unpaired) electrons. The van der Waals surface area contributed by atoms with E-state index in [1.165, 1.54) is 23.7 Å². The van der Waals surface area contributed by atoms with Crippen molar-refractivity contribution in [1.82, 2.24) is 20.6 Å². The van der Waals surface area contributed by atoms with E-state index in [-0.39, 0.29) is 17.6 Å². The van der Waals surface area contributed by atoms with Crippen molar-refractivity contribution in [3.05, 3.63) is 77.4 Å². The Morgan fingerprint density at radius 2 is 1.81 bits per heavy atom. The number of aromatic nitrogens is 2. The van der Waals surface area contributed by atoms with Crippen molar-refractivity contribution < 1.29 is 9.59 Å². The molecule has 0 spiro atoms. The number of hydrogen-bond donors (Lipinski definition) is 2. The van der Waals surface area contributed by atoms with Crippen molar-refractivity contribution >= 4 is 45.1 Å². The summed E-state index contributed by atoms with van der Waals surface area (Å²) >= 11 is 2.90. The van der Waals surface area contributed by atoms with Crippen LogP contribution in [0.1, 0.15) is 17.2 Å². The topological polar surface area (TPSA) is 84.0 Å². The third-order valence-corrected chi connectivity index (χ3v) is 6.86. The molecule has 2 N–H and O–H groups in total. The van der Waals surface area contributed by atoms with Gasteiger partial charge in [-0.2, -0.15) is 0 Å². The van der Waals surface area contributed by atoms with Crippen LogP contribution in [0.4, 0.5) is 0 Å². The van der Waals surface area contributed by atoms with Gasteiger partial charge in [0.15, 0.2) is 0 Å². The van der Waals surface area contributed by atoms with Crippen molar-refractivity contribution in [2.45, 2.75) is 18.0 Å². The van der Waals surface area contributed by atoms with Crippen LogP contribution in [-0.4, -0.2) is 34.6 Å². The fraction of sp³-hybridized carbons (Fsp3) is 0.167. The maximum atomic E-state index is 12.7. The van der Waals surface area contributed by atoms with Gasteiger partial charge in [-0.25, -0.2) is 9.97 Å². The third-order valence-electron chi connectivity index (χ3n) is 4.98. The first kappa shape index (κ1) is 22.0. The fourth-order valence-electron chi connectivity index (χ4n) is 3.33. The second-order valence-electron chi connectivity index (χ2n) is 7.19. The molecule has 0 aliphatic rings. The minimum atomic E-state index is -0.746. The standard InChI is InChI=1S/C24H22N4O2S2/c1-15-8-10-16(11-9-15)18-12-31-23-20(18)24(27-14-26-23)32-13-19(29)28-21(22(30)25-2)17-6-4-3-5-7-17/h3-12,14,21H,13H2,1-2H3,(H,25,30)(H,28,29). The van der Waals surface area contributed by atoms with Crippen LogP contribution in [0.2, 0.25) is 0 Å². The van der Waals surface area contributed by atoms with Crippen molar-refractivity contribution in [1.29, 1.82) is 0 Å². The molecule has 1 atom stereocenters. The zero-order valence-corrected chi connectivity index (χ0v) is 19.3. The molecule has 4 rings (SSSR count). The zero-order valence-electron chi connectivity index (χ0n) is 17.7. The molecule has 2 aromatic heterocycles. The van der Waals surface area contributed by atoms with Crippen LogP contribution in [0.5, 0.6) is 0 Å². The lowest BCUT2D eigenvalue weighted by molar-refractivity contribution is -0.127. The maximum absolute atomic E-state index is 12.7. The van der Waals surface area contributed by atoms with Gasteiger partial charge in [0.1, 0.15) is 22.2 Å². The molecule has 6 nitrogen and oxygen atoms in total. The number of benzene rings is 2. The number of fused-ring (bicyclic) bond motifs is 1. The first-order valence-electron chi connectivity index (χ1n) is 10.0. The van der Waals surface area contributed by atoms with Crippen molar-refractivity contribution in [3.63, 3.8) is 0 Å². The number of aryl methyl sites for hydroxylation is 1. The number of carbonyl (C=O) groups is 2. The van der Waals surface area contributed by atoms with E-state index >= 15 is 0 Å². The van der Waals surface area contributed by atoms with Gasteiger partial charge in [0.25, 0.3) is 0 Å². The summed E-state index contributed by atoms with van der Waals surface area (Å²) in [5.41, 5.74) is 4.07. The Hall–Kier alpha value is -3.23. The van der Waals surface area contributed by atoms with Gasteiger partial charge in [-0.15, -0.1) is 11.3 Å². The SMILES string of the molecule is CNC(=O)C(NC(=O)CSc1ncnc2scc(-c3ccc(C)cc3)c12)c1ccccc1. The average Bonchev–Trinajstić information content (AvgIpc) is 3.26. The van der Waals surface area contributed by atoms with Crippen molar-refractivity contribution in [2.75, 3.05) is 12.8 Å². The molecular weight excluding hydrogens is 440 g/mol. The molecule has 32 heavy (non-hydrogen) atoms. The van der Waals surface area contributed by atoms with Crippen molar-refractivity contribution in [2.24, 2.45) is 0 Å². The van der Waals surface area contributed by atoms with Gasteiger partial charge >= 0.3 is 0 Å². The van der Waals surface area contributed by atoms with Gasteiger partial charge < -0.3 is 10.6 Å². The van der Waals surface area contributed by atoms with Gasteiger partial charge in [0.05, 0.1) is 11.1 Å². The monoisotopic (exact) mass is 462 g/mol. The highest BCUT2D eigenvalue weighted by molar-refractivity contribution is 8.00. The molecule has 8 heteroatoms. The largest absolute Gasteiger partial charge is 0.357 e. The highest BCUT2D eigenvalue weighted by atomic mass is 32.2. The number of likely N-dealkylation sites (N-methyl/N-ethyl adjacent to an activating group) is 1. The van der Waals surface area contributed by atoms with E-state index in [4.69, 9.17) is 0 Å². The van der Waals surface area contributed by atoms with Crippen LogP contribution < -0.4 is 10.6 Å². The normalized spacial score (nSPS) is 11.8. The Kier molecular flexibility index (Phi) is 6.82. The summed E-state index contributed by atoms with van der Waals surface area (Å²) in [5.74, 6) is -0.375. The first-order valence-corrected chi connectivity index (χ1v) is 11.9. The average molecular weight is 463 g/mol. The number of thioether (sulfide) groups is 1. The Morgan fingerprint density at radius 3 is 2.53 bits per heavy atom. The van der Waals surface area contributed by atoms with Crippen molar-refractivity contribution in [3.8, 4) is 11.1 Å². The van der Waals surface area contributed by atoms with E-state index in [1.54, 1.807) is 18.4 Å². The molecule has 2 aromatic carbocycles. The van der Waals surface area contributed by atoms with Crippen LogP contribution in [0.25, 0.3) is 21.3 Å². The van der Waals surface area contributed by atoms with E-state index in [1.807, 2.05) is 30.3 Å². The predicted molar refractivity (Wildman–Crippen MR) is 130 cm³/mol. The van der Waals surface area contributed by atoms with Gasteiger partial charge in [-0.3, -0.25) is 9.59 Å². The summed E-state index contributed by atoms with van der Waals surface area (Å²) < 4.78 is 0. The lowest BCUT2D eigenvalue weighted by Gasteiger charge is -2.17. The second kappa shape index (κ2) is 9.93. The van der Waals surface area contributed by atoms with Gasteiger partial charge in [0.2, 0.25) is 11.8 Å². The van der Waals surface area contributed by atoms with Crippen LogP contribution in [0.3, 0.4) is 0 Å². The summed E-state index contributed by atoms with van der Waals surface area (Å²) in [4.78, 5) is 34.8. The Morgan fingerprint density at radius 1 is 1.06 bits per heavy atom. The molecule has 0 bridgehead atoms. The van der Waals surface area contributed by atoms with E-state index in [2.05, 4.69) is 57.2 Å². The highest BCUT2D eigenvalue weighted by Crippen LogP contribution is 2.37. The molecular formula is C24H22N4O2S2. The van der Waals surface area contributed by atoms with Crippen LogP contribution >= 0.6 is 23.1 Å². The first-order chi connectivity index (χ1) is 15.6. The lowest BCUT2D eigenvalue weighted by atomic mass is 10.1. The number of nitrogens with zero attached hydrogens (tertiary/aromatic N) is 2. The molecule has 0 aliphatic carbocycles. The molecule has 162 valence electrons. The summed E-state index contributed by atoms with van der Waals surface area (Å²) in [5, 5.41) is 9.22. The maximum Gasteiger partial charge on any atom is 0.246 e. The number of amides is 2. The number of carbonyl (C=O) groups excluding carboxylic acids is 2. The van der Waals surface area contributed by atoms with Crippen LogP contribution in [0.15, 0.2) is 71.3 Å². The summed E-state index contributed by atoms with van der Waals surface area (Å²) in [6.45, 7) is 2.06. The molecule has 0 aliphatic heterocycles. The van der Waals surface area contributed by atoms with Crippen LogP contribution in [0, 0.1) is 6.92 Å². The third kappa shape index (κ3) is 4.81. The number of thiophene rings is 1. The Labute approximate surface area is 194 Å². The molecule has 4 aromatic rings. The summed E-state index contributed by atoms with van der Waals surface area (Å²) in [6.07, 6.45) is 1.52. The van der Waals surface area contributed by atoms with Gasteiger partial charge in [-0.05, 0) is 18.1 Å². The van der Waals surface area contributed by atoms with Gasteiger partial charge in [0, 0.05) is 18.0 Å². The molecule has 2 amide bonds. The zero-order chi connectivity index (χ0) is 22.5. The molecule has 0 saturated heterocycles. The Bertz CT molecular complexity index is 1240. The Balaban J connectivity index is 1.54. The number of hydrogen-bond acceptors (Lipinski definition) is 6. The molecule has 2 heterocycles. The molecule has 1 unspecified atom stereocenters. The van der Waals surface area contributed by atoms with E-state index in [0.717, 1.165) is 31.9 Å². The van der Waals surface area contributed by atoms with Crippen LogP contribution in [-0.2, 0) is 9.59 Å². The van der Waals surface area contributed by atoms with E-state index in [9.17, 15) is 9.59 Å². The highest BCUT2D eigenvalue weighted by Gasteiger charge is 2.22. The second-order valence-corrected chi connectivity index (χ2v) is 9.01. The summed E-state index contributed by atoms with van der Waals surface area (Å²) in [6, 6.07) is 16.8. The minimum absolute atomic E-state index is 0.135. The predicted octanol–water partition coefficient (Wildman–Crippen LogP) is 4.36. The number of nitrogens with one attached hydrogen (secondary N) is 2. The lowest BCUT2D eigenvalue weighted by Crippen LogP contribution is -2.39. The van der Waals surface area contributed by atoms with E-state index < -0.39 is 6.04 Å². The number of rotatable bonds is 7. The fourth-order valence-corrected chi connectivity index (χ4v) is 5.13. The quantitative estimate of drug-likeness (QED) is 0.315. The minimum Gasteiger partial charge on any atom is -0.357 e. The van der Waals surface area contributed by atoms with Gasteiger partial charge in [-0.1, -0.05) is 71.9 Å². The van der Waals surface area contributed by atoms with E-state index in [0.29, 0.717) is 0 Å².